The predicted molar refractivity (Wildman–Crippen MR) is 75.9 cm³/mol. The van der Waals surface area contributed by atoms with Gasteiger partial charge in [-0.2, -0.15) is 0 Å². The van der Waals surface area contributed by atoms with Crippen LogP contribution < -0.4 is 0 Å². The molecule has 0 spiro atoms. The smallest absolute Gasteiger partial charge is 0.0351 e. The van der Waals surface area contributed by atoms with E-state index in [1.54, 1.807) is 0 Å². The molecule has 16 heavy (non-hydrogen) atoms. The van der Waals surface area contributed by atoms with E-state index in [0.29, 0.717) is 0 Å². The van der Waals surface area contributed by atoms with Crippen molar-refractivity contribution in [2.24, 2.45) is 0 Å². The second-order valence-corrected chi connectivity index (χ2v) is 4.89. The van der Waals surface area contributed by atoms with Crippen LogP contribution in [0.2, 0.25) is 0 Å². The highest BCUT2D eigenvalue weighted by Crippen LogP contribution is 2.11. The van der Waals surface area contributed by atoms with E-state index in [-0.39, 0.29) is 0 Å². The third-order valence-corrected chi connectivity index (χ3v) is 3.21. The maximum atomic E-state index is 2.29. The van der Waals surface area contributed by atoms with Crippen LogP contribution in [0.25, 0.3) is 0 Å². The topological polar surface area (TPSA) is 0 Å². The van der Waals surface area contributed by atoms with E-state index in [2.05, 4.69) is 26.0 Å². The molecule has 0 aromatic rings. The van der Waals surface area contributed by atoms with Crippen molar-refractivity contribution in [3.05, 3.63) is 12.2 Å². The molecule has 0 saturated heterocycles. The van der Waals surface area contributed by atoms with Gasteiger partial charge in [0.2, 0.25) is 0 Å². The summed E-state index contributed by atoms with van der Waals surface area (Å²) in [6, 6.07) is 0. The van der Waals surface area contributed by atoms with Crippen molar-refractivity contribution in [3.63, 3.8) is 0 Å². The fraction of sp³-hybridized carbons (Fsp3) is 0.875. The molecule has 0 heterocycles. The minimum atomic E-state index is 1.29. The van der Waals surface area contributed by atoms with Crippen molar-refractivity contribution in [1.29, 1.82) is 0 Å². The van der Waals surface area contributed by atoms with Crippen molar-refractivity contribution >= 4 is 0 Å². The van der Waals surface area contributed by atoms with Crippen molar-refractivity contribution in [2.75, 3.05) is 0 Å². The Kier molecular flexibility index (Phi) is 14.5. The average molecular weight is 224 g/mol. The van der Waals surface area contributed by atoms with E-state index < -0.39 is 0 Å². The van der Waals surface area contributed by atoms with Gasteiger partial charge in [-0.1, -0.05) is 83.3 Å². The summed E-state index contributed by atoms with van der Waals surface area (Å²) in [6.45, 7) is 4.40. The minimum absolute atomic E-state index is 1.29. The zero-order valence-corrected chi connectivity index (χ0v) is 11.6. The molecule has 0 aliphatic rings. The van der Waals surface area contributed by atoms with Gasteiger partial charge in [0.25, 0.3) is 0 Å². The predicted octanol–water partition coefficient (Wildman–Crippen LogP) is 6.26. The molecule has 0 bridgehead atoms. The summed E-state index contributed by atoms with van der Waals surface area (Å²) in [5, 5.41) is 0. The first kappa shape index (κ1) is 15.7. The first-order valence-corrected chi connectivity index (χ1v) is 7.53. The standard InChI is InChI=1S/C16H32/c1-3-5-7-9-11-13-15-16-14-12-10-8-6-4-2/h3,5H,4,6-16H2,1-2H3/b5-3+. The van der Waals surface area contributed by atoms with Crippen LogP contribution in [0.5, 0.6) is 0 Å². The Hall–Kier alpha value is -0.260. The van der Waals surface area contributed by atoms with E-state index in [1.807, 2.05) is 0 Å². The Morgan fingerprint density at radius 3 is 1.50 bits per heavy atom. The summed E-state index contributed by atoms with van der Waals surface area (Å²) < 4.78 is 0. The summed E-state index contributed by atoms with van der Waals surface area (Å²) in [5.74, 6) is 0. The molecule has 0 saturated carbocycles. The Morgan fingerprint density at radius 2 is 1.06 bits per heavy atom. The summed E-state index contributed by atoms with van der Waals surface area (Å²) in [5.41, 5.74) is 0. The van der Waals surface area contributed by atoms with Crippen LogP contribution >= 0.6 is 0 Å². The lowest BCUT2D eigenvalue weighted by atomic mass is 10.1. The Morgan fingerprint density at radius 1 is 0.625 bits per heavy atom. The van der Waals surface area contributed by atoms with Crippen LogP contribution in [-0.2, 0) is 0 Å². The molecule has 0 aliphatic heterocycles. The highest BCUT2D eigenvalue weighted by molar-refractivity contribution is 4.76. The van der Waals surface area contributed by atoms with Gasteiger partial charge < -0.3 is 0 Å². The highest BCUT2D eigenvalue weighted by Gasteiger charge is 1.92. The molecule has 0 fully saturated rings. The largest absolute Gasteiger partial charge is 0.0917 e. The average Bonchev–Trinajstić information content (AvgIpc) is 2.31. The molecule has 0 unspecified atom stereocenters. The lowest BCUT2D eigenvalue weighted by molar-refractivity contribution is 0.550. The van der Waals surface area contributed by atoms with E-state index in [9.17, 15) is 0 Å². The van der Waals surface area contributed by atoms with Crippen LogP contribution in [-0.4, -0.2) is 0 Å². The maximum Gasteiger partial charge on any atom is -0.0351 e. The highest BCUT2D eigenvalue weighted by atomic mass is 14.0. The Bertz CT molecular complexity index is 135. The van der Waals surface area contributed by atoms with Crippen LogP contribution in [0.1, 0.15) is 90.9 Å². The van der Waals surface area contributed by atoms with Crippen LogP contribution in [0.15, 0.2) is 12.2 Å². The SMILES string of the molecule is C/C=C/CCCCCCCCCCCCC. The molecule has 0 nitrogen and oxygen atoms in total. The molecule has 0 amide bonds. The van der Waals surface area contributed by atoms with Crippen molar-refractivity contribution < 1.29 is 0 Å². The van der Waals surface area contributed by atoms with Crippen LogP contribution in [0, 0.1) is 0 Å². The van der Waals surface area contributed by atoms with Crippen LogP contribution in [0.4, 0.5) is 0 Å². The number of hydrogen-bond acceptors (Lipinski definition) is 0. The Labute approximate surface area is 104 Å². The molecule has 0 atom stereocenters. The van der Waals surface area contributed by atoms with Gasteiger partial charge in [-0.05, 0) is 19.8 Å². The van der Waals surface area contributed by atoms with Gasteiger partial charge in [0, 0.05) is 0 Å². The lowest BCUT2D eigenvalue weighted by Gasteiger charge is -2.01. The van der Waals surface area contributed by atoms with Gasteiger partial charge in [0.05, 0.1) is 0 Å². The normalized spacial score (nSPS) is 11.4. The molecule has 0 radical (unpaired) electrons. The van der Waals surface area contributed by atoms with Gasteiger partial charge in [-0.3, -0.25) is 0 Å². The fourth-order valence-electron chi connectivity index (χ4n) is 2.09. The van der Waals surface area contributed by atoms with Crippen molar-refractivity contribution in [3.8, 4) is 0 Å². The molecular weight excluding hydrogens is 192 g/mol. The van der Waals surface area contributed by atoms with Gasteiger partial charge >= 0.3 is 0 Å². The second kappa shape index (κ2) is 14.7. The monoisotopic (exact) mass is 224 g/mol. The number of allylic oxidation sites excluding steroid dienone is 2. The van der Waals surface area contributed by atoms with Gasteiger partial charge in [0.1, 0.15) is 0 Å². The zero-order chi connectivity index (χ0) is 11.9. The Balaban J connectivity index is 2.88. The van der Waals surface area contributed by atoms with E-state index in [0.717, 1.165) is 0 Å². The third-order valence-electron chi connectivity index (χ3n) is 3.21. The quantitative estimate of drug-likeness (QED) is 0.271. The molecule has 0 N–H and O–H groups in total. The second-order valence-electron chi connectivity index (χ2n) is 4.89. The first-order chi connectivity index (χ1) is 7.91. The van der Waals surface area contributed by atoms with E-state index >= 15 is 0 Å². The van der Waals surface area contributed by atoms with Crippen LogP contribution in [0.3, 0.4) is 0 Å². The molecule has 96 valence electrons. The number of unbranched alkanes of at least 4 members (excludes halogenated alkanes) is 11. The van der Waals surface area contributed by atoms with Gasteiger partial charge in [-0.15, -0.1) is 0 Å². The first-order valence-electron chi connectivity index (χ1n) is 7.53. The van der Waals surface area contributed by atoms with Crippen molar-refractivity contribution in [1.82, 2.24) is 0 Å². The summed E-state index contributed by atoms with van der Waals surface area (Å²) in [7, 11) is 0. The zero-order valence-electron chi connectivity index (χ0n) is 11.6. The maximum absolute atomic E-state index is 2.29. The lowest BCUT2D eigenvalue weighted by Crippen LogP contribution is -1.81. The van der Waals surface area contributed by atoms with E-state index in [4.69, 9.17) is 0 Å². The summed E-state index contributed by atoms with van der Waals surface area (Å²) >= 11 is 0. The summed E-state index contributed by atoms with van der Waals surface area (Å²) in [6.07, 6.45) is 21.6. The molecule has 0 heteroatoms. The number of hydrogen-bond donors (Lipinski definition) is 0. The summed E-state index contributed by atoms with van der Waals surface area (Å²) in [4.78, 5) is 0. The van der Waals surface area contributed by atoms with E-state index in [1.165, 1.54) is 77.0 Å². The fourth-order valence-corrected chi connectivity index (χ4v) is 2.09. The van der Waals surface area contributed by atoms with Gasteiger partial charge in [0.15, 0.2) is 0 Å². The third kappa shape index (κ3) is 13.7. The number of rotatable bonds is 12. The molecule has 0 aromatic carbocycles. The minimum Gasteiger partial charge on any atom is -0.0917 e. The van der Waals surface area contributed by atoms with Gasteiger partial charge in [-0.25, -0.2) is 0 Å². The molecule has 0 aromatic heterocycles. The van der Waals surface area contributed by atoms with Crippen molar-refractivity contribution in [2.45, 2.75) is 90.9 Å². The molecule has 0 rings (SSSR count). The molecule has 0 aliphatic carbocycles. The molecular formula is C16H32.